The molecule has 0 atom stereocenters. The third kappa shape index (κ3) is 32.8. The van der Waals surface area contributed by atoms with Gasteiger partial charge in [0, 0.05) is 12.2 Å². The summed E-state index contributed by atoms with van der Waals surface area (Å²) in [6.07, 6.45) is 2.33. The molecule has 0 fully saturated rings. The van der Waals surface area contributed by atoms with Crippen LogP contribution in [0.25, 0.3) is 0 Å². The van der Waals surface area contributed by atoms with Crippen LogP contribution in [0.3, 0.4) is 0 Å². The molecule has 0 saturated carbocycles. The fourth-order valence-corrected chi connectivity index (χ4v) is 0.494. The van der Waals surface area contributed by atoms with Crippen LogP contribution < -0.4 is 0 Å². The summed E-state index contributed by atoms with van der Waals surface area (Å²) in [7, 11) is 0. The van der Waals surface area contributed by atoms with Gasteiger partial charge in [0.15, 0.2) is 0 Å². The zero-order chi connectivity index (χ0) is 11.7. The van der Waals surface area contributed by atoms with E-state index in [9.17, 15) is 9.59 Å². The van der Waals surface area contributed by atoms with Crippen molar-refractivity contribution >= 4 is 11.9 Å². The highest BCUT2D eigenvalue weighted by Gasteiger charge is 1.84. The zero-order valence-electron chi connectivity index (χ0n) is 9.37. The van der Waals surface area contributed by atoms with Crippen LogP contribution in [0.4, 0.5) is 0 Å². The Hall–Kier alpha value is -1.62. The SMILES string of the molecule is CC(C)=CC(=O)O.CC(C)=CC(=O)O.O. The molecule has 0 aromatic carbocycles. The first-order valence-electron chi connectivity index (χ1n) is 4.01. The Labute approximate surface area is 89.0 Å². The highest BCUT2D eigenvalue weighted by molar-refractivity contribution is 5.80. The minimum Gasteiger partial charge on any atom is -0.478 e. The van der Waals surface area contributed by atoms with E-state index in [4.69, 9.17) is 10.2 Å². The molecule has 0 spiro atoms. The molecule has 0 heterocycles. The van der Waals surface area contributed by atoms with E-state index in [0.717, 1.165) is 11.1 Å². The molecule has 4 N–H and O–H groups in total. The number of rotatable bonds is 2. The number of carboxylic acids is 2. The Bertz CT molecular complexity index is 227. The Morgan fingerprint density at radius 2 is 1.00 bits per heavy atom. The highest BCUT2D eigenvalue weighted by Crippen LogP contribution is 1.85. The second-order valence-corrected chi connectivity index (χ2v) is 3.12. The maximum absolute atomic E-state index is 9.73. The number of hydrogen-bond donors (Lipinski definition) is 2. The summed E-state index contributed by atoms with van der Waals surface area (Å²) < 4.78 is 0. The predicted octanol–water partition coefficient (Wildman–Crippen LogP) is 1.25. The van der Waals surface area contributed by atoms with Gasteiger partial charge in [-0.25, -0.2) is 9.59 Å². The lowest BCUT2D eigenvalue weighted by Crippen LogP contribution is -1.86. The summed E-state index contributed by atoms with van der Waals surface area (Å²) in [5.41, 5.74) is 1.63. The molecule has 0 amide bonds. The van der Waals surface area contributed by atoms with Crippen LogP contribution in [0, 0.1) is 0 Å². The van der Waals surface area contributed by atoms with E-state index in [-0.39, 0.29) is 5.48 Å². The van der Waals surface area contributed by atoms with Gasteiger partial charge in [0.2, 0.25) is 0 Å². The van der Waals surface area contributed by atoms with Crippen LogP contribution in [0.5, 0.6) is 0 Å². The van der Waals surface area contributed by atoms with E-state index in [2.05, 4.69) is 0 Å². The molecule has 0 unspecified atom stereocenters. The lowest BCUT2D eigenvalue weighted by atomic mass is 10.3. The number of hydrogen-bond acceptors (Lipinski definition) is 2. The average Bonchev–Trinajstić information content (AvgIpc) is 1.79. The molecule has 0 bridgehead atoms. The van der Waals surface area contributed by atoms with Gasteiger partial charge in [0.1, 0.15) is 0 Å². The van der Waals surface area contributed by atoms with Gasteiger partial charge in [-0.2, -0.15) is 0 Å². The maximum Gasteiger partial charge on any atom is 0.328 e. The molecule has 15 heavy (non-hydrogen) atoms. The molecule has 0 aliphatic heterocycles. The fourth-order valence-electron chi connectivity index (χ4n) is 0.494. The summed E-state index contributed by atoms with van der Waals surface area (Å²) in [5.74, 6) is -1.75. The maximum atomic E-state index is 9.73. The molecule has 0 saturated heterocycles. The molecule has 0 aliphatic rings. The third-order valence-electron chi connectivity index (χ3n) is 0.824. The van der Waals surface area contributed by atoms with Crippen LogP contribution in [0.2, 0.25) is 0 Å². The van der Waals surface area contributed by atoms with Crippen molar-refractivity contribution in [2.24, 2.45) is 0 Å². The summed E-state index contributed by atoms with van der Waals surface area (Å²) in [6.45, 7) is 6.98. The first kappa shape index (κ1) is 19.0. The normalized spacial score (nSPS) is 7.20. The standard InChI is InChI=1S/2C5H8O2.H2O/c2*1-4(2)3-5(6)7;/h2*3H,1-2H3,(H,6,7);1H2. The van der Waals surface area contributed by atoms with Gasteiger partial charge in [-0.15, -0.1) is 0 Å². The van der Waals surface area contributed by atoms with Gasteiger partial charge in [-0.05, 0) is 27.7 Å². The van der Waals surface area contributed by atoms with Gasteiger partial charge in [0.05, 0.1) is 0 Å². The molecule has 0 rings (SSSR count). The van der Waals surface area contributed by atoms with Crippen molar-refractivity contribution in [1.29, 1.82) is 0 Å². The zero-order valence-corrected chi connectivity index (χ0v) is 9.37. The molecule has 0 radical (unpaired) electrons. The molecular formula is C10H18O5. The number of allylic oxidation sites excluding steroid dienone is 2. The van der Waals surface area contributed by atoms with Gasteiger partial charge >= 0.3 is 11.9 Å². The smallest absolute Gasteiger partial charge is 0.328 e. The lowest BCUT2D eigenvalue weighted by Gasteiger charge is -1.79. The van der Waals surface area contributed by atoms with Crippen LogP contribution >= 0.6 is 0 Å². The van der Waals surface area contributed by atoms with E-state index >= 15 is 0 Å². The third-order valence-corrected chi connectivity index (χ3v) is 0.824. The van der Waals surface area contributed by atoms with E-state index in [1.807, 2.05) is 0 Å². The van der Waals surface area contributed by atoms with Crippen molar-refractivity contribution in [2.75, 3.05) is 0 Å². The minimum atomic E-state index is -0.875. The van der Waals surface area contributed by atoms with Crippen molar-refractivity contribution in [1.82, 2.24) is 0 Å². The summed E-state index contributed by atoms with van der Waals surface area (Å²) >= 11 is 0. The van der Waals surface area contributed by atoms with Crippen LogP contribution in [-0.2, 0) is 9.59 Å². The molecular weight excluding hydrogens is 200 g/mol. The molecule has 5 heteroatoms. The minimum absolute atomic E-state index is 0. The largest absolute Gasteiger partial charge is 0.478 e. The van der Waals surface area contributed by atoms with Gasteiger partial charge in [-0.3, -0.25) is 0 Å². The van der Waals surface area contributed by atoms with E-state index in [1.54, 1.807) is 27.7 Å². The van der Waals surface area contributed by atoms with Crippen LogP contribution in [-0.4, -0.2) is 27.6 Å². The van der Waals surface area contributed by atoms with Crippen molar-refractivity contribution in [3.63, 3.8) is 0 Å². The Morgan fingerprint density at radius 3 is 1.00 bits per heavy atom. The Morgan fingerprint density at radius 1 is 0.800 bits per heavy atom. The Kier molecular flexibility index (Phi) is 13.3. The van der Waals surface area contributed by atoms with Crippen LogP contribution in [0.15, 0.2) is 23.3 Å². The summed E-state index contributed by atoms with van der Waals surface area (Å²) in [5, 5.41) is 16.0. The monoisotopic (exact) mass is 218 g/mol. The molecule has 88 valence electrons. The van der Waals surface area contributed by atoms with Gasteiger partial charge in [-0.1, -0.05) is 11.1 Å². The summed E-state index contributed by atoms with van der Waals surface area (Å²) in [4.78, 5) is 19.5. The van der Waals surface area contributed by atoms with Crippen molar-refractivity contribution in [2.45, 2.75) is 27.7 Å². The van der Waals surface area contributed by atoms with Crippen molar-refractivity contribution in [3.8, 4) is 0 Å². The molecule has 0 aromatic rings. The molecule has 5 nitrogen and oxygen atoms in total. The quantitative estimate of drug-likeness (QED) is 0.680. The Balaban J connectivity index is -0.000000180. The van der Waals surface area contributed by atoms with Gasteiger partial charge in [0.25, 0.3) is 0 Å². The second-order valence-electron chi connectivity index (χ2n) is 3.12. The number of carboxylic acid groups (broad SMARTS) is 2. The van der Waals surface area contributed by atoms with E-state index in [1.165, 1.54) is 12.2 Å². The average molecular weight is 218 g/mol. The lowest BCUT2D eigenvalue weighted by molar-refractivity contribution is -0.132. The first-order chi connectivity index (χ1) is 6.25. The molecule has 0 aromatic heterocycles. The van der Waals surface area contributed by atoms with E-state index in [0.29, 0.717) is 0 Å². The van der Waals surface area contributed by atoms with Crippen molar-refractivity contribution in [3.05, 3.63) is 23.3 Å². The fraction of sp³-hybridized carbons (Fsp3) is 0.400. The predicted molar refractivity (Wildman–Crippen MR) is 57.7 cm³/mol. The van der Waals surface area contributed by atoms with E-state index < -0.39 is 11.9 Å². The van der Waals surface area contributed by atoms with Crippen molar-refractivity contribution < 1.29 is 25.3 Å². The first-order valence-corrected chi connectivity index (χ1v) is 4.01. The molecule has 0 aliphatic carbocycles. The van der Waals surface area contributed by atoms with Gasteiger partial charge < -0.3 is 15.7 Å². The van der Waals surface area contributed by atoms with Crippen LogP contribution in [0.1, 0.15) is 27.7 Å². The number of aliphatic carboxylic acids is 2. The highest BCUT2D eigenvalue weighted by atomic mass is 16.4. The second kappa shape index (κ2) is 10.5. The topological polar surface area (TPSA) is 106 Å². The summed E-state index contributed by atoms with van der Waals surface area (Å²) in [6, 6.07) is 0. The number of carbonyl (C=O) groups is 2.